The smallest absolute Gasteiger partial charge is 0.371 e. The molecule has 11 heteroatoms. The van der Waals surface area contributed by atoms with Crippen LogP contribution in [0.5, 0.6) is 0 Å². The summed E-state index contributed by atoms with van der Waals surface area (Å²) < 4.78 is 81.6. The minimum atomic E-state index is -4.78. The fraction of sp³-hybridized carbons (Fsp3) is 0.538. The van der Waals surface area contributed by atoms with Crippen LogP contribution in [0.15, 0.2) is 23.6 Å². The van der Waals surface area contributed by atoms with Crippen molar-refractivity contribution in [2.24, 2.45) is 11.0 Å². The quantitative estimate of drug-likeness (QED) is 0.846. The first-order valence-corrected chi connectivity index (χ1v) is 6.61. The molecule has 1 aromatic rings. The topological polar surface area (TPSA) is 58.0 Å². The average Bonchev–Trinajstić information content (AvgIpc) is 2.74. The Morgan fingerprint density at radius 1 is 1.21 bits per heavy atom. The number of alkyl halides is 6. The monoisotopic (exact) mass is 357 g/mol. The number of anilines is 1. The Balaban J connectivity index is 2.36. The van der Waals surface area contributed by atoms with E-state index in [2.05, 4.69) is 14.8 Å². The molecule has 1 aliphatic rings. The zero-order chi connectivity index (χ0) is 18.3. The number of pyridine rings is 1. The highest BCUT2D eigenvalue weighted by Crippen LogP contribution is 2.38. The average molecular weight is 357 g/mol. The first-order chi connectivity index (χ1) is 11.0. The highest BCUT2D eigenvalue weighted by Gasteiger charge is 2.52. The van der Waals surface area contributed by atoms with Crippen molar-refractivity contribution in [2.75, 3.05) is 12.1 Å². The van der Waals surface area contributed by atoms with E-state index in [1.54, 1.807) is 0 Å². The maximum absolute atomic E-state index is 13.0. The lowest BCUT2D eigenvalue weighted by atomic mass is 9.95. The van der Waals surface area contributed by atoms with Gasteiger partial charge in [0.15, 0.2) is 12.3 Å². The first kappa shape index (κ1) is 18.5. The SMILES string of the molecule is COC(C1C(C)=NN(c2cncc(C(F)(F)F)c2)C1O)C(F)(F)F. The van der Waals surface area contributed by atoms with Gasteiger partial charge in [-0.15, -0.1) is 0 Å². The van der Waals surface area contributed by atoms with Gasteiger partial charge in [-0.05, 0) is 13.0 Å². The van der Waals surface area contributed by atoms with Gasteiger partial charge in [-0.25, -0.2) is 5.01 Å². The van der Waals surface area contributed by atoms with E-state index in [4.69, 9.17) is 0 Å². The van der Waals surface area contributed by atoms with Gasteiger partial charge in [-0.2, -0.15) is 31.4 Å². The molecule has 3 atom stereocenters. The molecular weight excluding hydrogens is 344 g/mol. The van der Waals surface area contributed by atoms with Gasteiger partial charge in [0.05, 0.1) is 23.4 Å². The largest absolute Gasteiger partial charge is 0.417 e. The number of aliphatic hydroxyl groups excluding tert-OH is 1. The second-order valence-corrected chi connectivity index (χ2v) is 5.15. The standard InChI is InChI=1S/C13H13F6N3O2/c1-6-9(10(24-2)13(17,18)19)11(23)22(21-6)8-3-7(4-20-5-8)12(14,15)16/h3-5,9-11,23H,1-2H3. The van der Waals surface area contributed by atoms with Gasteiger partial charge in [0.25, 0.3) is 0 Å². The Bertz CT molecular complexity index is 631. The van der Waals surface area contributed by atoms with Crippen LogP contribution in [0.25, 0.3) is 0 Å². The highest BCUT2D eigenvalue weighted by molar-refractivity contribution is 5.89. The molecule has 134 valence electrons. The van der Waals surface area contributed by atoms with Crippen LogP contribution in [0, 0.1) is 5.92 Å². The summed E-state index contributed by atoms with van der Waals surface area (Å²) in [6.07, 6.45) is -12.1. The van der Waals surface area contributed by atoms with Crippen LogP contribution in [0.4, 0.5) is 32.0 Å². The zero-order valence-electron chi connectivity index (χ0n) is 12.4. The van der Waals surface area contributed by atoms with Crippen molar-refractivity contribution in [3.05, 3.63) is 24.0 Å². The molecule has 1 aromatic heterocycles. The van der Waals surface area contributed by atoms with Crippen molar-refractivity contribution in [1.82, 2.24) is 4.98 Å². The molecule has 0 aliphatic carbocycles. The molecule has 0 bridgehead atoms. The van der Waals surface area contributed by atoms with Crippen LogP contribution in [0.2, 0.25) is 0 Å². The summed E-state index contributed by atoms with van der Waals surface area (Å²) in [5.74, 6) is -1.58. The first-order valence-electron chi connectivity index (χ1n) is 6.61. The number of ether oxygens (including phenoxy) is 1. The highest BCUT2D eigenvalue weighted by atomic mass is 19.4. The Labute approximate surface area is 132 Å². The van der Waals surface area contributed by atoms with Gasteiger partial charge >= 0.3 is 12.4 Å². The van der Waals surface area contributed by atoms with Gasteiger partial charge in [0.2, 0.25) is 0 Å². The molecule has 1 N–H and O–H groups in total. The fourth-order valence-corrected chi connectivity index (χ4v) is 2.44. The summed E-state index contributed by atoms with van der Waals surface area (Å²) in [6, 6.07) is 0.644. The van der Waals surface area contributed by atoms with E-state index in [9.17, 15) is 31.4 Å². The van der Waals surface area contributed by atoms with E-state index in [0.717, 1.165) is 13.3 Å². The molecule has 0 radical (unpaired) electrons. The van der Waals surface area contributed by atoms with E-state index in [0.29, 0.717) is 17.3 Å². The zero-order valence-corrected chi connectivity index (χ0v) is 12.4. The van der Waals surface area contributed by atoms with Crippen molar-refractivity contribution in [1.29, 1.82) is 0 Å². The van der Waals surface area contributed by atoms with Crippen LogP contribution in [-0.4, -0.2) is 41.4 Å². The van der Waals surface area contributed by atoms with Gasteiger partial charge < -0.3 is 9.84 Å². The fourth-order valence-electron chi connectivity index (χ4n) is 2.44. The number of halogens is 6. The van der Waals surface area contributed by atoms with Crippen LogP contribution < -0.4 is 5.01 Å². The van der Waals surface area contributed by atoms with Crippen molar-refractivity contribution < 1.29 is 36.2 Å². The number of aromatic nitrogens is 1. The summed E-state index contributed by atoms with van der Waals surface area (Å²) in [7, 11) is 0.826. The predicted octanol–water partition coefficient (Wildman–Crippen LogP) is 2.81. The molecule has 0 spiro atoms. The van der Waals surface area contributed by atoms with Crippen LogP contribution in [-0.2, 0) is 10.9 Å². The van der Waals surface area contributed by atoms with Gasteiger partial charge in [-0.1, -0.05) is 0 Å². The van der Waals surface area contributed by atoms with E-state index in [1.807, 2.05) is 0 Å². The Morgan fingerprint density at radius 3 is 2.33 bits per heavy atom. The molecule has 0 amide bonds. The molecule has 1 aliphatic heterocycles. The molecule has 2 rings (SSSR count). The third-order valence-corrected chi connectivity index (χ3v) is 3.54. The van der Waals surface area contributed by atoms with Crippen molar-refractivity contribution >= 4 is 11.4 Å². The van der Waals surface area contributed by atoms with Crippen molar-refractivity contribution in [3.63, 3.8) is 0 Å². The molecular formula is C13H13F6N3O2. The molecule has 0 aromatic carbocycles. The molecule has 5 nitrogen and oxygen atoms in total. The summed E-state index contributed by atoms with van der Waals surface area (Å²) >= 11 is 0. The van der Waals surface area contributed by atoms with Gasteiger partial charge in [0.1, 0.15) is 0 Å². The summed E-state index contributed by atoms with van der Waals surface area (Å²) in [5.41, 5.74) is -1.51. The molecule has 0 saturated carbocycles. The second-order valence-electron chi connectivity index (χ2n) is 5.15. The van der Waals surface area contributed by atoms with Crippen LogP contribution in [0.3, 0.4) is 0 Å². The van der Waals surface area contributed by atoms with Crippen molar-refractivity contribution in [2.45, 2.75) is 31.6 Å². The normalized spacial score (nSPS) is 23.4. The van der Waals surface area contributed by atoms with E-state index in [1.165, 1.54) is 6.92 Å². The van der Waals surface area contributed by atoms with Crippen LogP contribution in [0.1, 0.15) is 12.5 Å². The second kappa shape index (κ2) is 6.20. The minimum absolute atomic E-state index is 0.121. The van der Waals surface area contributed by atoms with Crippen LogP contribution >= 0.6 is 0 Å². The number of nitrogens with zero attached hydrogens (tertiary/aromatic N) is 3. The van der Waals surface area contributed by atoms with E-state index < -0.39 is 36.2 Å². The van der Waals surface area contributed by atoms with Crippen molar-refractivity contribution in [3.8, 4) is 0 Å². The third kappa shape index (κ3) is 3.46. The predicted molar refractivity (Wildman–Crippen MR) is 71.2 cm³/mol. The van der Waals surface area contributed by atoms with Gasteiger partial charge in [0, 0.05) is 19.0 Å². The lowest BCUT2D eigenvalue weighted by Crippen LogP contribution is -2.47. The number of hydrogen-bond acceptors (Lipinski definition) is 5. The molecule has 24 heavy (non-hydrogen) atoms. The molecule has 2 heterocycles. The lowest BCUT2D eigenvalue weighted by molar-refractivity contribution is -0.228. The van der Waals surface area contributed by atoms with E-state index >= 15 is 0 Å². The van der Waals surface area contributed by atoms with E-state index in [-0.39, 0.29) is 11.4 Å². The molecule has 3 unspecified atom stereocenters. The third-order valence-electron chi connectivity index (χ3n) is 3.54. The Hall–Kier alpha value is -1.88. The number of hydrazone groups is 1. The maximum atomic E-state index is 13.0. The number of aliphatic hydroxyl groups is 1. The molecule has 0 saturated heterocycles. The number of rotatable bonds is 3. The molecule has 0 fully saturated rings. The Morgan fingerprint density at radius 2 is 1.83 bits per heavy atom. The lowest BCUT2D eigenvalue weighted by Gasteiger charge is -2.29. The minimum Gasteiger partial charge on any atom is -0.371 e. The van der Waals surface area contributed by atoms with Gasteiger partial charge in [-0.3, -0.25) is 4.98 Å². The summed E-state index contributed by atoms with van der Waals surface area (Å²) in [5, 5.41) is 14.6. The Kier molecular flexibility index (Phi) is 4.77. The number of methoxy groups -OCH3 is 1. The summed E-state index contributed by atoms with van der Waals surface area (Å²) in [4.78, 5) is 3.40. The maximum Gasteiger partial charge on any atom is 0.417 e. The summed E-state index contributed by atoms with van der Waals surface area (Å²) in [6.45, 7) is 1.23. The number of hydrogen-bond donors (Lipinski definition) is 1.